The van der Waals surface area contributed by atoms with Gasteiger partial charge in [0.15, 0.2) is 0 Å². The quantitative estimate of drug-likeness (QED) is 0.178. The number of rotatable bonds is 5. The van der Waals surface area contributed by atoms with Crippen molar-refractivity contribution in [3.05, 3.63) is 194 Å². The van der Waals surface area contributed by atoms with E-state index in [0.29, 0.717) is 0 Å². The number of nitrogens with zero attached hydrogens (tertiary/aromatic N) is 4. The van der Waals surface area contributed by atoms with Crippen molar-refractivity contribution in [2.45, 2.75) is 0 Å². The third-order valence-corrected chi connectivity index (χ3v) is 10.7. The molecule has 4 nitrogen and oxygen atoms in total. The second-order valence-corrected chi connectivity index (χ2v) is 13.6. The first-order valence-electron chi connectivity index (χ1n) is 18.1. The first kappa shape index (κ1) is 29.5. The molecule has 0 aliphatic heterocycles. The molecule has 0 fully saturated rings. The molecule has 3 aromatic heterocycles. The molecule has 3 heterocycles. The normalized spacial score (nSPS) is 11.8. The molecular weight excluding hydrogens is 645 g/mol. The molecule has 0 unspecified atom stereocenters. The van der Waals surface area contributed by atoms with Gasteiger partial charge in [0.05, 0.1) is 33.1 Å². The van der Waals surface area contributed by atoms with Crippen molar-refractivity contribution in [3.63, 3.8) is 0 Å². The van der Waals surface area contributed by atoms with Gasteiger partial charge in [-0.2, -0.15) is 0 Å². The van der Waals surface area contributed by atoms with E-state index in [2.05, 4.69) is 196 Å². The highest BCUT2D eigenvalue weighted by Gasteiger charge is 2.18. The fourth-order valence-corrected chi connectivity index (χ4v) is 8.26. The molecule has 248 valence electrons. The fourth-order valence-electron chi connectivity index (χ4n) is 8.26. The molecule has 11 aromatic rings. The number of benzene rings is 8. The lowest BCUT2D eigenvalue weighted by atomic mass is 10.0. The number of imidazole rings is 1. The van der Waals surface area contributed by atoms with Crippen LogP contribution < -0.4 is 0 Å². The SMILES string of the molecule is c1ccc(-c2nc3ccccc3n2-c2ccc(-n3c4ccccc4c4cc(-c5ccc6c(c5)c5ccccc5n6-c5ccccc5)ccc43)cc2)cc1. The van der Waals surface area contributed by atoms with Crippen LogP contribution in [0.3, 0.4) is 0 Å². The zero-order chi connectivity index (χ0) is 34.9. The minimum atomic E-state index is 0.937. The highest BCUT2D eigenvalue weighted by molar-refractivity contribution is 6.12. The van der Waals surface area contributed by atoms with Crippen LogP contribution in [0, 0.1) is 0 Å². The Hall–Kier alpha value is -7.17. The zero-order valence-corrected chi connectivity index (χ0v) is 28.8. The molecule has 0 saturated carbocycles. The summed E-state index contributed by atoms with van der Waals surface area (Å²) in [6.45, 7) is 0. The molecular formula is C49H32N4. The van der Waals surface area contributed by atoms with Gasteiger partial charge in [0.2, 0.25) is 0 Å². The van der Waals surface area contributed by atoms with Gasteiger partial charge in [-0.05, 0) is 96.1 Å². The van der Waals surface area contributed by atoms with E-state index in [0.717, 1.165) is 33.8 Å². The van der Waals surface area contributed by atoms with Gasteiger partial charge in [0.25, 0.3) is 0 Å². The van der Waals surface area contributed by atoms with Crippen molar-refractivity contribution in [2.75, 3.05) is 0 Å². The highest BCUT2D eigenvalue weighted by Crippen LogP contribution is 2.38. The maximum absolute atomic E-state index is 5.05. The van der Waals surface area contributed by atoms with Gasteiger partial charge in [-0.25, -0.2) is 4.98 Å². The summed E-state index contributed by atoms with van der Waals surface area (Å²) in [5, 5.41) is 4.99. The average Bonchev–Trinajstić information content (AvgIpc) is 3.89. The number of aromatic nitrogens is 4. The largest absolute Gasteiger partial charge is 0.309 e. The van der Waals surface area contributed by atoms with E-state index in [1.54, 1.807) is 0 Å². The maximum atomic E-state index is 5.05. The Bertz CT molecular complexity index is 3150. The second kappa shape index (κ2) is 11.7. The van der Waals surface area contributed by atoms with E-state index in [9.17, 15) is 0 Å². The molecule has 0 spiro atoms. The highest BCUT2D eigenvalue weighted by atomic mass is 15.1. The fraction of sp³-hybridized carbons (Fsp3) is 0. The summed E-state index contributed by atoms with van der Waals surface area (Å²) in [4.78, 5) is 5.05. The van der Waals surface area contributed by atoms with Gasteiger partial charge in [-0.3, -0.25) is 4.57 Å². The smallest absolute Gasteiger partial charge is 0.145 e. The summed E-state index contributed by atoms with van der Waals surface area (Å²) in [5.74, 6) is 0.937. The van der Waals surface area contributed by atoms with Gasteiger partial charge in [0.1, 0.15) is 5.82 Å². The molecule has 0 bridgehead atoms. The van der Waals surface area contributed by atoms with E-state index in [-0.39, 0.29) is 0 Å². The molecule has 0 aliphatic rings. The Morgan fingerprint density at radius 3 is 1.30 bits per heavy atom. The Morgan fingerprint density at radius 2 is 0.717 bits per heavy atom. The predicted molar refractivity (Wildman–Crippen MR) is 221 cm³/mol. The minimum Gasteiger partial charge on any atom is -0.309 e. The van der Waals surface area contributed by atoms with Crippen LogP contribution in [0.15, 0.2) is 194 Å². The third-order valence-electron chi connectivity index (χ3n) is 10.7. The lowest BCUT2D eigenvalue weighted by Crippen LogP contribution is -1.99. The summed E-state index contributed by atoms with van der Waals surface area (Å²) in [7, 11) is 0. The van der Waals surface area contributed by atoms with Crippen molar-refractivity contribution < 1.29 is 0 Å². The Kier molecular flexibility index (Phi) is 6.52. The first-order chi connectivity index (χ1) is 26.3. The molecule has 0 aliphatic carbocycles. The molecule has 0 amide bonds. The van der Waals surface area contributed by atoms with Crippen LogP contribution in [0.2, 0.25) is 0 Å². The standard InChI is InChI=1S/C49H32N4/c1-3-13-33(14-4-1)49-50-43-19-9-12-22-48(43)53(49)38-27-25-37(26-28-38)52-45-21-11-8-18-40(45)42-32-35(24-30-47(42)52)34-23-29-46-41(31-34)39-17-7-10-20-44(39)51(46)36-15-5-2-6-16-36/h1-32H. The van der Waals surface area contributed by atoms with Crippen molar-refractivity contribution >= 4 is 54.6 Å². The topological polar surface area (TPSA) is 27.7 Å². The van der Waals surface area contributed by atoms with E-state index in [1.165, 1.54) is 60.4 Å². The third kappa shape index (κ3) is 4.59. The van der Waals surface area contributed by atoms with Gasteiger partial charge < -0.3 is 9.13 Å². The van der Waals surface area contributed by atoms with Crippen LogP contribution in [0.4, 0.5) is 0 Å². The summed E-state index contributed by atoms with van der Waals surface area (Å²) in [6, 6.07) is 69.6. The predicted octanol–water partition coefficient (Wildman–Crippen LogP) is 12.6. The summed E-state index contributed by atoms with van der Waals surface area (Å²) in [5.41, 5.74) is 13.7. The number of hydrogen-bond acceptors (Lipinski definition) is 1. The van der Waals surface area contributed by atoms with Gasteiger partial charge in [0, 0.05) is 44.2 Å². The average molecular weight is 677 g/mol. The second-order valence-electron chi connectivity index (χ2n) is 13.6. The van der Waals surface area contributed by atoms with E-state index < -0.39 is 0 Å². The molecule has 0 atom stereocenters. The Balaban J connectivity index is 1.04. The van der Waals surface area contributed by atoms with Crippen molar-refractivity contribution in [2.24, 2.45) is 0 Å². The minimum absolute atomic E-state index is 0.937. The molecule has 4 heteroatoms. The molecule has 11 rings (SSSR count). The van der Waals surface area contributed by atoms with Crippen molar-refractivity contribution in [3.8, 4) is 39.6 Å². The van der Waals surface area contributed by atoms with Gasteiger partial charge in [-0.1, -0.05) is 109 Å². The number of hydrogen-bond donors (Lipinski definition) is 0. The van der Waals surface area contributed by atoms with Crippen LogP contribution >= 0.6 is 0 Å². The Labute approximate surface area is 306 Å². The van der Waals surface area contributed by atoms with Crippen LogP contribution in [0.25, 0.3) is 94.2 Å². The van der Waals surface area contributed by atoms with Crippen LogP contribution in [0.1, 0.15) is 0 Å². The molecule has 8 aromatic carbocycles. The summed E-state index contributed by atoms with van der Waals surface area (Å²) < 4.78 is 7.02. The maximum Gasteiger partial charge on any atom is 0.145 e. The van der Waals surface area contributed by atoms with Crippen LogP contribution in [-0.2, 0) is 0 Å². The number of para-hydroxylation sites is 5. The van der Waals surface area contributed by atoms with Crippen LogP contribution in [-0.4, -0.2) is 18.7 Å². The molecule has 0 saturated heterocycles. The monoisotopic (exact) mass is 676 g/mol. The van der Waals surface area contributed by atoms with Crippen molar-refractivity contribution in [1.29, 1.82) is 0 Å². The van der Waals surface area contributed by atoms with Crippen molar-refractivity contribution in [1.82, 2.24) is 18.7 Å². The van der Waals surface area contributed by atoms with E-state index >= 15 is 0 Å². The summed E-state index contributed by atoms with van der Waals surface area (Å²) >= 11 is 0. The molecule has 53 heavy (non-hydrogen) atoms. The van der Waals surface area contributed by atoms with Gasteiger partial charge in [-0.15, -0.1) is 0 Å². The molecule has 0 radical (unpaired) electrons. The number of fused-ring (bicyclic) bond motifs is 7. The van der Waals surface area contributed by atoms with E-state index in [4.69, 9.17) is 4.98 Å². The van der Waals surface area contributed by atoms with Gasteiger partial charge >= 0.3 is 0 Å². The Morgan fingerprint density at radius 1 is 0.283 bits per heavy atom. The van der Waals surface area contributed by atoms with E-state index in [1.807, 2.05) is 12.1 Å². The van der Waals surface area contributed by atoms with Crippen LogP contribution in [0.5, 0.6) is 0 Å². The lowest BCUT2D eigenvalue weighted by molar-refractivity contribution is 1.09. The first-order valence-corrected chi connectivity index (χ1v) is 18.1. The summed E-state index contributed by atoms with van der Waals surface area (Å²) in [6.07, 6.45) is 0. The molecule has 0 N–H and O–H groups in total. The lowest BCUT2D eigenvalue weighted by Gasteiger charge is -2.13. The zero-order valence-electron chi connectivity index (χ0n) is 28.8.